The van der Waals surface area contributed by atoms with Crippen LogP contribution in [0.1, 0.15) is 12.0 Å². The molecule has 0 fully saturated rings. The molecule has 2 N–H and O–H groups in total. The minimum Gasteiger partial charge on any atom is -0.313 e. The number of rotatable bonds is 6. The molecule has 1 aromatic rings. The van der Waals surface area contributed by atoms with Gasteiger partial charge in [0, 0.05) is 11.6 Å². The van der Waals surface area contributed by atoms with Crippen molar-refractivity contribution < 1.29 is 13.0 Å². The number of nitrogens with one attached hydrogen (secondary N) is 1. The van der Waals surface area contributed by atoms with Crippen LogP contribution in [0.2, 0.25) is 5.02 Å². The van der Waals surface area contributed by atoms with E-state index in [1.807, 2.05) is 18.2 Å². The summed E-state index contributed by atoms with van der Waals surface area (Å²) in [5, 5.41) is 3.74. The SMILES string of the molecule is O=S(=O)(O)CCCNCc1ccccc1Cl. The molecular formula is C10H14ClNO3S. The quantitative estimate of drug-likeness (QED) is 0.606. The molecule has 4 nitrogen and oxygen atoms in total. The molecule has 1 rings (SSSR count). The van der Waals surface area contributed by atoms with Gasteiger partial charge in [-0.25, -0.2) is 0 Å². The van der Waals surface area contributed by atoms with Gasteiger partial charge < -0.3 is 5.32 Å². The molecule has 1 aromatic carbocycles. The predicted molar refractivity (Wildman–Crippen MR) is 64.2 cm³/mol. The van der Waals surface area contributed by atoms with Crippen molar-refractivity contribution in [2.75, 3.05) is 12.3 Å². The largest absolute Gasteiger partial charge is 0.313 e. The maximum absolute atomic E-state index is 10.4. The van der Waals surface area contributed by atoms with Crippen LogP contribution in [0.4, 0.5) is 0 Å². The third-order valence-electron chi connectivity index (χ3n) is 2.03. The van der Waals surface area contributed by atoms with Crippen LogP contribution in [0, 0.1) is 0 Å². The molecule has 0 saturated heterocycles. The summed E-state index contributed by atoms with van der Waals surface area (Å²) >= 11 is 5.93. The average Bonchev–Trinajstić information content (AvgIpc) is 2.18. The van der Waals surface area contributed by atoms with E-state index < -0.39 is 10.1 Å². The van der Waals surface area contributed by atoms with Crippen LogP contribution in [0.25, 0.3) is 0 Å². The Balaban J connectivity index is 2.24. The summed E-state index contributed by atoms with van der Waals surface area (Å²) in [5.74, 6) is -0.220. The number of hydrogen-bond acceptors (Lipinski definition) is 3. The Hall–Kier alpha value is -0.620. The molecule has 0 atom stereocenters. The maximum Gasteiger partial charge on any atom is 0.264 e. The molecule has 0 aliphatic heterocycles. The second-order valence-electron chi connectivity index (χ2n) is 3.41. The summed E-state index contributed by atoms with van der Waals surface area (Å²) in [6, 6.07) is 7.44. The summed E-state index contributed by atoms with van der Waals surface area (Å²) in [4.78, 5) is 0. The fraction of sp³-hybridized carbons (Fsp3) is 0.400. The van der Waals surface area contributed by atoms with Gasteiger partial charge in [-0.15, -0.1) is 0 Å². The lowest BCUT2D eigenvalue weighted by atomic mass is 10.2. The first-order valence-electron chi connectivity index (χ1n) is 4.88. The number of halogens is 1. The monoisotopic (exact) mass is 263 g/mol. The summed E-state index contributed by atoms with van der Waals surface area (Å²) in [7, 11) is -3.84. The first-order valence-corrected chi connectivity index (χ1v) is 6.87. The highest BCUT2D eigenvalue weighted by Crippen LogP contribution is 2.14. The van der Waals surface area contributed by atoms with Crippen LogP contribution < -0.4 is 5.32 Å². The highest BCUT2D eigenvalue weighted by atomic mass is 35.5. The van der Waals surface area contributed by atoms with Gasteiger partial charge in [0.05, 0.1) is 5.75 Å². The minimum absolute atomic E-state index is 0.220. The predicted octanol–water partition coefficient (Wildman–Crippen LogP) is 1.71. The Morgan fingerprint density at radius 2 is 2.00 bits per heavy atom. The highest BCUT2D eigenvalue weighted by Gasteiger charge is 2.03. The first kappa shape index (κ1) is 13.4. The molecule has 0 spiro atoms. The lowest BCUT2D eigenvalue weighted by Gasteiger charge is -2.05. The van der Waals surface area contributed by atoms with Crippen molar-refractivity contribution in [1.82, 2.24) is 5.32 Å². The third kappa shape index (κ3) is 5.46. The lowest BCUT2D eigenvalue weighted by molar-refractivity contribution is 0.479. The molecule has 0 bridgehead atoms. The molecule has 0 amide bonds. The molecule has 90 valence electrons. The average molecular weight is 264 g/mol. The van der Waals surface area contributed by atoms with Crippen molar-refractivity contribution in [2.45, 2.75) is 13.0 Å². The van der Waals surface area contributed by atoms with Crippen LogP contribution >= 0.6 is 11.6 Å². The zero-order valence-electron chi connectivity index (χ0n) is 8.69. The highest BCUT2D eigenvalue weighted by molar-refractivity contribution is 7.85. The molecule has 0 saturated carbocycles. The minimum atomic E-state index is -3.84. The van der Waals surface area contributed by atoms with Gasteiger partial charge in [-0.1, -0.05) is 29.8 Å². The molecule has 0 aliphatic rings. The number of benzene rings is 1. The van der Waals surface area contributed by atoms with Crippen molar-refractivity contribution in [2.24, 2.45) is 0 Å². The second kappa shape index (κ2) is 6.20. The van der Waals surface area contributed by atoms with E-state index in [1.165, 1.54) is 0 Å². The fourth-order valence-corrected chi connectivity index (χ4v) is 1.96. The van der Waals surface area contributed by atoms with E-state index in [4.69, 9.17) is 16.2 Å². The lowest BCUT2D eigenvalue weighted by Crippen LogP contribution is -2.18. The van der Waals surface area contributed by atoms with Crippen molar-refractivity contribution in [1.29, 1.82) is 0 Å². The molecule has 6 heteroatoms. The Morgan fingerprint density at radius 1 is 1.31 bits per heavy atom. The van der Waals surface area contributed by atoms with E-state index in [0.717, 1.165) is 5.56 Å². The Labute approximate surface area is 100 Å². The standard InChI is InChI=1S/C10H14ClNO3S/c11-10-5-2-1-4-9(10)8-12-6-3-7-16(13,14)15/h1-2,4-5,12H,3,6-8H2,(H,13,14,15). The van der Waals surface area contributed by atoms with Crippen LogP contribution in [-0.4, -0.2) is 25.3 Å². The molecule has 0 unspecified atom stereocenters. The summed E-state index contributed by atoms with van der Waals surface area (Å²) in [5.41, 5.74) is 0.969. The first-order chi connectivity index (χ1) is 7.49. The van der Waals surface area contributed by atoms with E-state index in [9.17, 15) is 8.42 Å². The van der Waals surface area contributed by atoms with Crippen molar-refractivity contribution >= 4 is 21.7 Å². The van der Waals surface area contributed by atoms with Crippen molar-refractivity contribution in [3.05, 3.63) is 34.9 Å². The Morgan fingerprint density at radius 3 is 2.62 bits per heavy atom. The molecule has 0 aliphatic carbocycles. The van der Waals surface area contributed by atoms with Crippen LogP contribution in [0.3, 0.4) is 0 Å². The van der Waals surface area contributed by atoms with Crippen LogP contribution in [0.5, 0.6) is 0 Å². The summed E-state index contributed by atoms with van der Waals surface area (Å²) in [6.07, 6.45) is 0.378. The third-order valence-corrected chi connectivity index (χ3v) is 3.20. The van der Waals surface area contributed by atoms with E-state index >= 15 is 0 Å². The molecule has 0 aromatic heterocycles. The van der Waals surface area contributed by atoms with Gasteiger partial charge in [-0.3, -0.25) is 4.55 Å². The maximum atomic E-state index is 10.4. The van der Waals surface area contributed by atoms with Gasteiger partial charge in [-0.05, 0) is 24.6 Å². The van der Waals surface area contributed by atoms with E-state index in [0.29, 0.717) is 24.5 Å². The Bertz CT molecular complexity index is 433. The molecule has 0 radical (unpaired) electrons. The Kier molecular flexibility index (Phi) is 5.21. The van der Waals surface area contributed by atoms with E-state index in [1.54, 1.807) is 6.07 Å². The van der Waals surface area contributed by atoms with Gasteiger partial charge in [0.15, 0.2) is 0 Å². The van der Waals surface area contributed by atoms with Gasteiger partial charge in [0.25, 0.3) is 10.1 Å². The van der Waals surface area contributed by atoms with Gasteiger partial charge >= 0.3 is 0 Å². The van der Waals surface area contributed by atoms with Crippen LogP contribution in [-0.2, 0) is 16.7 Å². The summed E-state index contributed by atoms with van der Waals surface area (Å²) < 4.78 is 29.4. The zero-order valence-corrected chi connectivity index (χ0v) is 10.3. The van der Waals surface area contributed by atoms with Crippen molar-refractivity contribution in [3.63, 3.8) is 0 Å². The normalized spacial score (nSPS) is 11.6. The van der Waals surface area contributed by atoms with E-state index in [2.05, 4.69) is 5.32 Å². The molecular weight excluding hydrogens is 250 g/mol. The second-order valence-corrected chi connectivity index (χ2v) is 5.39. The molecule has 0 heterocycles. The zero-order chi connectivity index (χ0) is 12.0. The van der Waals surface area contributed by atoms with Gasteiger partial charge in [0.2, 0.25) is 0 Å². The topological polar surface area (TPSA) is 66.4 Å². The number of hydrogen-bond donors (Lipinski definition) is 2. The van der Waals surface area contributed by atoms with Crippen molar-refractivity contribution in [3.8, 4) is 0 Å². The van der Waals surface area contributed by atoms with Gasteiger partial charge in [0.1, 0.15) is 0 Å². The fourth-order valence-electron chi connectivity index (χ4n) is 1.24. The summed E-state index contributed by atoms with van der Waals surface area (Å²) in [6.45, 7) is 1.11. The molecule has 16 heavy (non-hydrogen) atoms. The smallest absolute Gasteiger partial charge is 0.264 e. The van der Waals surface area contributed by atoms with E-state index in [-0.39, 0.29) is 5.75 Å². The van der Waals surface area contributed by atoms with Crippen LogP contribution in [0.15, 0.2) is 24.3 Å². The van der Waals surface area contributed by atoms with Gasteiger partial charge in [-0.2, -0.15) is 8.42 Å².